The number of aryl methyl sites for hydroxylation is 1. The van der Waals surface area contributed by atoms with Crippen molar-refractivity contribution in [3.05, 3.63) is 63.2 Å². The molecule has 0 spiro atoms. The normalized spacial score (nSPS) is 15.8. The van der Waals surface area contributed by atoms with Crippen molar-refractivity contribution in [2.45, 2.75) is 11.8 Å². The maximum Gasteiger partial charge on any atom is 0.256 e. The second kappa shape index (κ2) is 7.75. The summed E-state index contributed by atoms with van der Waals surface area (Å²) in [6.45, 7) is 2.98. The largest absolute Gasteiger partial charge is 0.358 e. The average molecular weight is 497 g/mol. The Morgan fingerprint density at radius 2 is 1.79 bits per heavy atom. The summed E-state index contributed by atoms with van der Waals surface area (Å²) in [6.07, 6.45) is 0. The summed E-state index contributed by atoms with van der Waals surface area (Å²) in [6, 6.07) is 12.4. The molecule has 0 atom stereocenters. The van der Waals surface area contributed by atoms with Crippen LogP contribution in [0.1, 0.15) is 16.1 Å². The highest BCUT2D eigenvalue weighted by atomic mass is 79.9. The molecule has 1 amide bonds. The molecule has 1 aliphatic heterocycles. The van der Waals surface area contributed by atoms with Crippen LogP contribution in [0.25, 0.3) is 10.9 Å². The van der Waals surface area contributed by atoms with Crippen LogP contribution in [0.5, 0.6) is 0 Å². The van der Waals surface area contributed by atoms with Gasteiger partial charge in [-0.15, -0.1) is 0 Å². The van der Waals surface area contributed by atoms with Crippen LogP contribution in [0, 0.1) is 6.92 Å². The number of halogens is 2. The van der Waals surface area contributed by atoms with E-state index in [1.54, 1.807) is 17.0 Å². The summed E-state index contributed by atoms with van der Waals surface area (Å²) in [7, 11) is -3.72. The molecule has 4 rings (SSSR count). The fraction of sp³-hybridized carbons (Fsp3) is 0.250. The highest BCUT2D eigenvalue weighted by molar-refractivity contribution is 9.10. The number of carbonyl (C=O) groups is 1. The number of nitrogens with zero attached hydrogens (tertiary/aromatic N) is 2. The van der Waals surface area contributed by atoms with Gasteiger partial charge in [-0.2, -0.15) is 4.31 Å². The average Bonchev–Trinajstić information content (AvgIpc) is 3.03. The Balaban J connectivity index is 1.53. The quantitative estimate of drug-likeness (QED) is 0.595. The lowest BCUT2D eigenvalue weighted by atomic mass is 10.1. The van der Waals surface area contributed by atoms with Crippen molar-refractivity contribution in [2.75, 3.05) is 26.2 Å². The molecule has 1 saturated heterocycles. The number of H-pyrrole nitrogens is 1. The van der Waals surface area contributed by atoms with Gasteiger partial charge in [-0.3, -0.25) is 4.79 Å². The van der Waals surface area contributed by atoms with Gasteiger partial charge in [-0.05, 0) is 31.2 Å². The molecule has 0 aliphatic carbocycles. The van der Waals surface area contributed by atoms with E-state index in [2.05, 4.69) is 20.9 Å². The first-order chi connectivity index (χ1) is 13.8. The lowest BCUT2D eigenvalue weighted by molar-refractivity contribution is 0.0699. The molecule has 0 saturated carbocycles. The Bertz CT molecular complexity index is 1200. The number of fused-ring (bicyclic) bond motifs is 1. The minimum absolute atomic E-state index is 0.0783. The van der Waals surface area contributed by atoms with Crippen molar-refractivity contribution in [1.82, 2.24) is 14.2 Å². The number of nitrogens with one attached hydrogen (secondary N) is 1. The van der Waals surface area contributed by atoms with Gasteiger partial charge < -0.3 is 9.88 Å². The van der Waals surface area contributed by atoms with E-state index < -0.39 is 10.0 Å². The number of carbonyl (C=O) groups excluding carboxylic acids is 1. The molecule has 2 aromatic carbocycles. The van der Waals surface area contributed by atoms with E-state index in [0.29, 0.717) is 23.1 Å². The van der Waals surface area contributed by atoms with E-state index >= 15 is 0 Å². The van der Waals surface area contributed by atoms with Crippen LogP contribution in [0.15, 0.2) is 51.8 Å². The number of aromatic nitrogens is 1. The zero-order valence-electron chi connectivity index (χ0n) is 15.7. The SMILES string of the molecule is Cc1[nH]c2ccccc2c1C(=O)N1CCN(S(=O)(=O)c2ccc(Br)cc2Cl)CC1. The fourth-order valence-corrected chi connectivity index (χ4v) is 6.10. The number of piperazine rings is 1. The third kappa shape index (κ3) is 3.70. The Kier molecular flexibility index (Phi) is 5.46. The molecule has 1 aromatic heterocycles. The first-order valence-corrected chi connectivity index (χ1v) is 11.7. The van der Waals surface area contributed by atoms with Gasteiger partial charge >= 0.3 is 0 Å². The second-order valence-electron chi connectivity index (χ2n) is 6.94. The topological polar surface area (TPSA) is 73.5 Å². The molecule has 2 heterocycles. The number of sulfonamides is 1. The van der Waals surface area contributed by atoms with Crippen molar-refractivity contribution in [3.63, 3.8) is 0 Å². The first kappa shape index (κ1) is 20.4. The minimum Gasteiger partial charge on any atom is -0.358 e. The summed E-state index contributed by atoms with van der Waals surface area (Å²) in [5.74, 6) is -0.0846. The maximum absolute atomic E-state index is 13.1. The molecule has 1 aliphatic rings. The minimum atomic E-state index is -3.72. The van der Waals surface area contributed by atoms with E-state index in [0.717, 1.165) is 16.6 Å². The number of para-hydroxylation sites is 1. The van der Waals surface area contributed by atoms with Gasteiger partial charge in [0.05, 0.1) is 10.6 Å². The molecule has 1 N–H and O–H groups in total. The third-order valence-electron chi connectivity index (χ3n) is 5.15. The van der Waals surface area contributed by atoms with Crippen molar-refractivity contribution in [2.24, 2.45) is 0 Å². The molecular weight excluding hydrogens is 478 g/mol. The Labute approximate surface area is 182 Å². The molecule has 0 unspecified atom stereocenters. The third-order valence-corrected chi connectivity index (χ3v) is 8.02. The summed E-state index contributed by atoms with van der Waals surface area (Å²) < 4.78 is 28.0. The van der Waals surface area contributed by atoms with Gasteiger partial charge in [-0.25, -0.2) is 8.42 Å². The number of amides is 1. The molecule has 1 fully saturated rings. The highest BCUT2D eigenvalue weighted by Crippen LogP contribution is 2.29. The molecule has 0 radical (unpaired) electrons. The zero-order chi connectivity index (χ0) is 20.8. The number of aromatic amines is 1. The fourth-order valence-electron chi connectivity index (χ4n) is 3.67. The standard InChI is InChI=1S/C20H19BrClN3O3S/c1-13-19(15-4-2-3-5-17(15)23-13)20(26)24-8-10-25(11-9-24)29(27,28)18-7-6-14(21)12-16(18)22/h2-7,12,23H,8-11H2,1H3. The summed E-state index contributed by atoms with van der Waals surface area (Å²) in [5.41, 5.74) is 2.38. The van der Waals surface area contributed by atoms with Crippen LogP contribution in [-0.4, -0.2) is 54.7 Å². The highest BCUT2D eigenvalue weighted by Gasteiger charge is 2.32. The molecule has 3 aromatic rings. The Hall–Kier alpha value is -1.87. The van der Waals surface area contributed by atoms with Gasteiger partial charge in [0.2, 0.25) is 10.0 Å². The summed E-state index contributed by atoms with van der Waals surface area (Å²) in [5, 5.41) is 1.05. The predicted octanol–water partition coefficient (Wildman–Crippen LogP) is 4.04. The molecule has 9 heteroatoms. The van der Waals surface area contributed by atoms with Crippen LogP contribution in [0.2, 0.25) is 5.02 Å². The zero-order valence-corrected chi connectivity index (χ0v) is 18.8. The van der Waals surface area contributed by atoms with E-state index in [1.807, 2.05) is 31.2 Å². The van der Waals surface area contributed by atoms with E-state index in [1.165, 1.54) is 10.4 Å². The molecule has 0 bridgehead atoms. The van der Waals surface area contributed by atoms with Crippen LogP contribution >= 0.6 is 27.5 Å². The van der Waals surface area contributed by atoms with E-state index in [4.69, 9.17) is 11.6 Å². The predicted molar refractivity (Wildman–Crippen MR) is 117 cm³/mol. The molecule has 6 nitrogen and oxygen atoms in total. The van der Waals surface area contributed by atoms with E-state index in [-0.39, 0.29) is 28.9 Å². The van der Waals surface area contributed by atoms with Gasteiger partial charge in [-0.1, -0.05) is 45.7 Å². The van der Waals surface area contributed by atoms with Crippen molar-refractivity contribution < 1.29 is 13.2 Å². The van der Waals surface area contributed by atoms with Crippen LogP contribution in [-0.2, 0) is 10.0 Å². The molecule has 152 valence electrons. The number of hydrogen-bond donors (Lipinski definition) is 1. The van der Waals surface area contributed by atoms with E-state index in [9.17, 15) is 13.2 Å². The molecular formula is C20H19BrClN3O3S. The molecule has 29 heavy (non-hydrogen) atoms. The monoisotopic (exact) mass is 495 g/mol. The van der Waals surface area contributed by atoms with Gasteiger partial charge in [0.15, 0.2) is 0 Å². The Morgan fingerprint density at radius 3 is 2.48 bits per heavy atom. The van der Waals surface area contributed by atoms with Crippen molar-refractivity contribution in [3.8, 4) is 0 Å². The second-order valence-corrected chi connectivity index (χ2v) is 10.2. The number of hydrogen-bond acceptors (Lipinski definition) is 3. The van der Waals surface area contributed by atoms with Crippen LogP contribution in [0.3, 0.4) is 0 Å². The first-order valence-electron chi connectivity index (χ1n) is 9.11. The maximum atomic E-state index is 13.1. The summed E-state index contributed by atoms with van der Waals surface area (Å²) >= 11 is 9.43. The van der Waals surface area contributed by atoms with Gasteiger partial charge in [0.1, 0.15) is 4.90 Å². The van der Waals surface area contributed by atoms with Gasteiger partial charge in [0.25, 0.3) is 5.91 Å². The lowest BCUT2D eigenvalue weighted by Crippen LogP contribution is -2.50. The Morgan fingerprint density at radius 1 is 1.10 bits per heavy atom. The smallest absolute Gasteiger partial charge is 0.256 e. The van der Waals surface area contributed by atoms with Crippen LogP contribution < -0.4 is 0 Å². The summed E-state index contributed by atoms with van der Waals surface area (Å²) in [4.78, 5) is 18.1. The van der Waals surface area contributed by atoms with Crippen molar-refractivity contribution >= 4 is 54.4 Å². The van der Waals surface area contributed by atoms with Gasteiger partial charge in [0, 0.05) is 47.2 Å². The lowest BCUT2D eigenvalue weighted by Gasteiger charge is -2.34. The van der Waals surface area contributed by atoms with Crippen molar-refractivity contribution in [1.29, 1.82) is 0 Å². The number of rotatable bonds is 3. The van der Waals surface area contributed by atoms with Crippen LogP contribution in [0.4, 0.5) is 0 Å². The number of benzene rings is 2.